The maximum absolute atomic E-state index is 13.2. The van der Waals surface area contributed by atoms with E-state index in [1.165, 1.54) is 0 Å². The van der Waals surface area contributed by atoms with Crippen molar-refractivity contribution in [3.63, 3.8) is 0 Å². The summed E-state index contributed by atoms with van der Waals surface area (Å²) in [5, 5.41) is 3.47. The van der Waals surface area contributed by atoms with Gasteiger partial charge in [0.2, 0.25) is 5.92 Å². The molecule has 1 nitrogen and oxygen atoms in total. The van der Waals surface area contributed by atoms with E-state index in [0.717, 1.165) is 19.4 Å². The first-order chi connectivity index (χ1) is 7.99. The molecule has 0 aromatic rings. The largest absolute Gasteiger partial charge is 0.312 e. The predicted molar refractivity (Wildman–Crippen MR) is 73.1 cm³/mol. The molecule has 0 amide bonds. The fourth-order valence-corrected chi connectivity index (χ4v) is 2.88. The summed E-state index contributed by atoms with van der Waals surface area (Å²) in [6.45, 7) is 11.8. The average molecular weight is 261 g/mol. The highest BCUT2D eigenvalue weighted by molar-refractivity contribution is 4.85. The molecule has 1 N–H and O–H groups in total. The molecule has 0 radical (unpaired) electrons. The molecule has 0 spiro atoms. The maximum Gasteiger partial charge on any atom is 0.248 e. The molecule has 0 aromatic carbocycles. The zero-order valence-electron chi connectivity index (χ0n) is 12.6. The molecule has 1 saturated carbocycles. The first-order valence-corrected chi connectivity index (χ1v) is 7.12. The minimum atomic E-state index is -2.40. The van der Waals surface area contributed by atoms with Crippen molar-refractivity contribution >= 4 is 0 Å². The number of alkyl halides is 2. The molecule has 0 heterocycles. The standard InChI is InChI=1S/C15H29F2N/c1-13(2,3)18-9-8-14(4,5)10-12-6-7-15(16,17)11-12/h12,18H,6-11H2,1-5H3. The molecule has 0 aromatic heterocycles. The van der Waals surface area contributed by atoms with Crippen LogP contribution in [0.2, 0.25) is 0 Å². The Labute approximate surface area is 111 Å². The number of hydrogen-bond donors (Lipinski definition) is 1. The molecule has 0 aliphatic heterocycles. The van der Waals surface area contributed by atoms with Gasteiger partial charge in [-0.25, -0.2) is 8.78 Å². The summed E-state index contributed by atoms with van der Waals surface area (Å²) in [6, 6.07) is 0. The van der Waals surface area contributed by atoms with Gasteiger partial charge < -0.3 is 5.32 Å². The van der Waals surface area contributed by atoms with Crippen LogP contribution in [-0.2, 0) is 0 Å². The Kier molecular flexibility index (Phi) is 4.80. The van der Waals surface area contributed by atoms with E-state index in [1.54, 1.807) is 0 Å². The fourth-order valence-electron chi connectivity index (χ4n) is 2.88. The average Bonchev–Trinajstić information content (AvgIpc) is 2.41. The van der Waals surface area contributed by atoms with Crippen LogP contribution in [0.1, 0.15) is 66.7 Å². The first-order valence-electron chi connectivity index (χ1n) is 7.12. The summed E-state index contributed by atoms with van der Waals surface area (Å²) >= 11 is 0. The van der Waals surface area contributed by atoms with E-state index in [0.29, 0.717) is 6.42 Å². The van der Waals surface area contributed by atoms with E-state index in [9.17, 15) is 8.78 Å². The topological polar surface area (TPSA) is 12.0 Å². The van der Waals surface area contributed by atoms with Crippen molar-refractivity contribution in [1.29, 1.82) is 0 Å². The number of nitrogens with one attached hydrogen (secondary N) is 1. The Morgan fingerprint density at radius 3 is 2.22 bits per heavy atom. The molecule has 1 atom stereocenters. The Morgan fingerprint density at radius 1 is 1.17 bits per heavy atom. The van der Waals surface area contributed by atoms with Gasteiger partial charge in [-0.3, -0.25) is 0 Å². The first kappa shape index (κ1) is 15.9. The lowest BCUT2D eigenvalue weighted by molar-refractivity contribution is 0.00305. The van der Waals surface area contributed by atoms with Gasteiger partial charge in [-0.15, -0.1) is 0 Å². The summed E-state index contributed by atoms with van der Waals surface area (Å²) in [7, 11) is 0. The van der Waals surface area contributed by atoms with Gasteiger partial charge in [-0.2, -0.15) is 0 Å². The monoisotopic (exact) mass is 261 g/mol. The van der Waals surface area contributed by atoms with Crippen LogP contribution in [0.4, 0.5) is 8.78 Å². The van der Waals surface area contributed by atoms with Crippen LogP contribution >= 0.6 is 0 Å². The van der Waals surface area contributed by atoms with Gasteiger partial charge in [-0.1, -0.05) is 13.8 Å². The molecule has 108 valence electrons. The highest BCUT2D eigenvalue weighted by atomic mass is 19.3. The van der Waals surface area contributed by atoms with E-state index >= 15 is 0 Å². The summed E-state index contributed by atoms with van der Waals surface area (Å²) in [6.07, 6.45) is 2.86. The molecule has 3 heteroatoms. The van der Waals surface area contributed by atoms with Crippen LogP contribution in [-0.4, -0.2) is 18.0 Å². The second-order valence-electron chi connectivity index (χ2n) is 7.76. The molecule has 1 aliphatic rings. The highest BCUT2D eigenvalue weighted by Gasteiger charge is 2.40. The smallest absolute Gasteiger partial charge is 0.248 e. The third-order valence-electron chi connectivity index (χ3n) is 3.80. The molecule has 1 unspecified atom stereocenters. The minimum absolute atomic E-state index is 0.0913. The summed E-state index contributed by atoms with van der Waals surface area (Å²) in [4.78, 5) is 0. The van der Waals surface area contributed by atoms with Crippen LogP contribution in [0.3, 0.4) is 0 Å². The van der Waals surface area contributed by atoms with E-state index in [2.05, 4.69) is 39.9 Å². The van der Waals surface area contributed by atoms with E-state index in [4.69, 9.17) is 0 Å². The van der Waals surface area contributed by atoms with E-state index in [-0.39, 0.29) is 29.7 Å². The number of rotatable bonds is 5. The predicted octanol–water partition coefficient (Wildman–Crippen LogP) is 4.62. The molecule has 0 saturated heterocycles. The third-order valence-corrected chi connectivity index (χ3v) is 3.80. The molecule has 1 rings (SSSR count). The SMILES string of the molecule is CC(C)(CCNC(C)(C)C)CC1CCC(F)(F)C1. The second kappa shape index (κ2) is 5.44. The van der Waals surface area contributed by atoms with Gasteiger partial charge >= 0.3 is 0 Å². The molecule has 0 bridgehead atoms. The van der Waals surface area contributed by atoms with Crippen LogP contribution in [0.5, 0.6) is 0 Å². The van der Waals surface area contributed by atoms with Crippen molar-refractivity contribution in [2.45, 2.75) is 78.2 Å². The van der Waals surface area contributed by atoms with Crippen molar-refractivity contribution < 1.29 is 8.78 Å². The van der Waals surface area contributed by atoms with Gasteiger partial charge in [-0.05, 0) is 57.9 Å². The van der Waals surface area contributed by atoms with Crippen LogP contribution in [0.25, 0.3) is 0 Å². The quantitative estimate of drug-likeness (QED) is 0.761. The molecule has 18 heavy (non-hydrogen) atoms. The second-order valence-corrected chi connectivity index (χ2v) is 7.76. The van der Waals surface area contributed by atoms with Crippen LogP contribution in [0, 0.1) is 11.3 Å². The van der Waals surface area contributed by atoms with Gasteiger partial charge in [0.05, 0.1) is 0 Å². The normalized spacial score (nSPS) is 24.5. The number of hydrogen-bond acceptors (Lipinski definition) is 1. The van der Waals surface area contributed by atoms with Gasteiger partial charge in [0, 0.05) is 18.4 Å². The van der Waals surface area contributed by atoms with Crippen molar-refractivity contribution in [2.24, 2.45) is 11.3 Å². The fraction of sp³-hybridized carbons (Fsp3) is 1.00. The van der Waals surface area contributed by atoms with Crippen molar-refractivity contribution in [3.05, 3.63) is 0 Å². The minimum Gasteiger partial charge on any atom is -0.312 e. The summed E-state index contributed by atoms with van der Waals surface area (Å²) < 4.78 is 26.3. The van der Waals surface area contributed by atoms with Crippen molar-refractivity contribution in [3.8, 4) is 0 Å². The maximum atomic E-state index is 13.2. The van der Waals surface area contributed by atoms with Crippen molar-refractivity contribution in [2.75, 3.05) is 6.54 Å². The molecule has 1 aliphatic carbocycles. The molecular formula is C15H29F2N. The summed E-state index contributed by atoms with van der Waals surface area (Å²) in [5.74, 6) is -2.19. The van der Waals surface area contributed by atoms with E-state index < -0.39 is 5.92 Å². The Hall–Kier alpha value is -0.180. The van der Waals surface area contributed by atoms with Crippen molar-refractivity contribution in [1.82, 2.24) is 5.32 Å². The lowest BCUT2D eigenvalue weighted by Crippen LogP contribution is -2.38. The van der Waals surface area contributed by atoms with Gasteiger partial charge in [0.25, 0.3) is 0 Å². The van der Waals surface area contributed by atoms with Gasteiger partial charge in [0.1, 0.15) is 0 Å². The third kappa shape index (κ3) is 6.12. The Balaban J connectivity index is 2.32. The molecule has 1 fully saturated rings. The van der Waals surface area contributed by atoms with Crippen LogP contribution in [0.15, 0.2) is 0 Å². The Bertz CT molecular complexity index is 266. The lowest BCUT2D eigenvalue weighted by atomic mass is 9.79. The zero-order valence-corrected chi connectivity index (χ0v) is 12.6. The Morgan fingerprint density at radius 2 is 1.78 bits per heavy atom. The summed E-state index contributed by atoms with van der Waals surface area (Å²) in [5.41, 5.74) is 0.291. The zero-order chi connectivity index (χ0) is 14.0. The number of halogens is 2. The van der Waals surface area contributed by atoms with E-state index in [1.807, 2.05) is 0 Å². The van der Waals surface area contributed by atoms with Crippen LogP contribution < -0.4 is 5.32 Å². The lowest BCUT2D eigenvalue weighted by Gasteiger charge is -2.30. The van der Waals surface area contributed by atoms with Gasteiger partial charge in [0.15, 0.2) is 0 Å². The molecular weight excluding hydrogens is 232 g/mol. The highest BCUT2D eigenvalue weighted by Crippen LogP contribution is 2.44.